The van der Waals surface area contributed by atoms with Gasteiger partial charge in [0.05, 0.1) is 0 Å². The zero-order valence-corrected chi connectivity index (χ0v) is 11.2. The third-order valence-corrected chi connectivity index (χ3v) is 3.11. The van der Waals surface area contributed by atoms with E-state index in [9.17, 15) is 9.18 Å². The average molecular weight is 252 g/mol. The Morgan fingerprint density at radius 2 is 2.17 bits per heavy atom. The average Bonchev–Trinajstić information content (AvgIpc) is 2.37. The number of hydrogen-bond donors (Lipinski definition) is 1. The number of amides is 1. The number of aryl methyl sites for hydroxylation is 1. The Balaban J connectivity index is 2.54. The first kappa shape index (κ1) is 14.6. The van der Waals surface area contributed by atoms with Crippen molar-refractivity contribution in [2.75, 3.05) is 20.1 Å². The molecule has 100 valence electrons. The molecule has 0 spiro atoms. The zero-order valence-electron chi connectivity index (χ0n) is 11.2. The van der Waals surface area contributed by atoms with Gasteiger partial charge in [0.25, 0.3) is 0 Å². The first-order valence-electron chi connectivity index (χ1n) is 6.15. The summed E-state index contributed by atoms with van der Waals surface area (Å²) in [5, 5.41) is 0. The van der Waals surface area contributed by atoms with Crippen molar-refractivity contribution in [2.24, 2.45) is 11.7 Å². The summed E-state index contributed by atoms with van der Waals surface area (Å²) in [5.74, 6) is -0.291. The van der Waals surface area contributed by atoms with Crippen LogP contribution in [0.2, 0.25) is 0 Å². The second-order valence-corrected chi connectivity index (χ2v) is 4.73. The van der Waals surface area contributed by atoms with Gasteiger partial charge in [-0.15, -0.1) is 0 Å². The highest BCUT2D eigenvalue weighted by molar-refractivity contribution is 5.78. The summed E-state index contributed by atoms with van der Waals surface area (Å²) in [4.78, 5) is 13.5. The molecule has 2 N–H and O–H groups in total. The van der Waals surface area contributed by atoms with Gasteiger partial charge in [-0.05, 0) is 30.5 Å². The van der Waals surface area contributed by atoms with Crippen LogP contribution in [0, 0.1) is 18.7 Å². The molecule has 1 rings (SSSR count). The quantitative estimate of drug-likeness (QED) is 0.867. The predicted octanol–water partition coefficient (Wildman–Crippen LogP) is 1.73. The number of carbonyl (C=O) groups excluding carboxylic acids is 1. The number of likely N-dealkylation sites (N-methyl/N-ethyl adjacent to an activating group) is 1. The molecule has 18 heavy (non-hydrogen) atoms. The van der Waals surface area contributed by atoms with Crippen LogP contribution in [0.15, 0.2) is 18.2 Å². The highest BCUT2D eigenvalue weighted by Gasteiger charge is 2.15. The summed E-state index contributed by atoms with van der Waals surface area (Å²) in [6.45, 7) is 4.54. The number of nitrogens with zero attached hydrogens (tertiary/aromatic N) is 1. The largest absolute Gasteiger partial charge is 0.345 e. The normalized spacial score (nSPS) is 12.3. The van der Waals surface area contributed by atoms with Crippen molar-refractivity contribution < 1.29 is 9.18 Å². The number of rotatable bonds is 5. The molecule has 0 aromatic heterocycles. The lowest BCUT2D eigenvalue weighted by atomic mass is 10.1. The Kier molecular flexibility index (Phi) is 5.28. The molecule has 0 saturated heterocycles. The van der Waals surface area contributed by atoms with Crippen molar-refractivity contribution >= 4 is 5.91 Å². The van der Waals surface area contributed by atoms with E-state index in [1.807, 2.05) is 13.0 Å². The van der Waals surface area contributed by atoms with Gasteiger partial charge in [-0.25, -0.2) is 4.39 Å². The van der Waals surface area contributed by atoms with Gasteiger partial charge >= 0.3 is 0 Å². The first-order chi connectivity index (χ1) is 8.45. The summed E-state index contributed by atoms with van der Waals surface area (Å²) in [7, 11) is 1.77. The van der Waals surface area contributed by atoms with Crippen LogP contribution in [0.4, 0.5) is 4.39 Å². The fourth-order valence-electron chi connectivity index (χ4n) is 1.75. The topological polar surface area (TPSA) is 46.3 Å². The van der Waals surface area contributed by atoms with Crippen molar-refractivity contribution in [2.45, 2.75) is 20.3 Å². The molecule has 0 aliphatic heterocycles. The Hall–Kier alpha value is -1.42. The second kappa shape index (κ2) is 6.50. The van der Waals surface area contributed by atoms with Gasteiger partial charge in [-0.3, -0.25) is 4.79 Å². The van der Waals surface area contributed by atoms with E-state index in [2.05, 4.69) is 0 Å². The molecule has 0 fully saturated rings. The highest BCUT2D eigenvalue weighted by Crippen LogP contribution is 2.10. The summed E-state index contributed by atoms with van der Waals surface area (Å²) < 4.78 is 13.1. The summed E-state index contributed by atoms with van der Waals surface area (Å²) in [6.07, 6.45) is 0.723. The molecule has 1 aromatic rings. The minimum absolute atomic E-state index is 0.0522. The van der Waals surface area contributed by atoms with Gasteiger partial charge in [0, 0.05) is 26.1 Å². The molecule has 0 aliphatic carbocycles. The minimum atomic E-state index is -0.195. The third-order valence-electron chi connectivity index (χ3n) is 3.11. The molecule has 1 amide bonds. The molecule has 0 heterocycles. The van der Waals surface area contributed by atoms with Gasteiger partial charge < -0.3 is 10.6 Å². The van der Waals surface area contributed by atoms with Crippen molar-refractivity contribution in [1.82, 2.24) is 4.90 Å². The maximum absolute atomic E-state index is 13.1. The predicted molar refractivity (Wildman–Crippen MR) is 70.7 cm³/mol. The molecular formula is C14H21FN2O. The lowest BCUT2D eigenvalue weighted by Gasteiger charge is -2.20. The molecule has 4 heteroatoms. The Morgan fingerprint density at radius 1 is 1.50 bits per heavy atom. The summed E-state index contributed by atoms with van der Waals surface area (Å²) >= 11 is 0. The van der Waals surface area contributed by atoms with Crippen molar-refractivity contribution in [1.29, 1.82) is 0 Å². The summed E-state index contributed by atoms with van der Waals surface area (Å²) in [6, 6.07) is 5.04. The highest BCUT2D eigenvalue weighted by atomic mass is 19.1. The molecule has 1 unspecified atom stereocenters. The van der Waals surface area contributed by atoms with E-state index in [1.54, 1.807) is 24.9 Å². The summed E-state index contributed by atoms with van der Waals surface area (Å²) in [5.41, 5.74) is 7.14. The van der Waals surface area contributed by atoms with Gasteiger partial charge in [-0.2, -0.15) is 0 Å². The molecule has 0 saturated carbocycles. The Bertz CT molecular complexity index is 420. The standard InChI is InChI=1S/C14H21FN2O/c1-10-8-12(4-5-13(10)15)6-7-17(3)14(18)11(2)9-16/h4-5,8,11H,6-7,9,16H2,1-3H3. The molecule has 3 nitrogen and oxygen atoms in total. The Morgan fingerprint density at radius 3 is 2.72 bits per heavy atom. The Labute approximate surface area is 108 Å². The van der Waals surface area contributed by atoms with E-state index < -0.39 is 0 Å². The maximum Gasteiger partial charge on any atom is 0.226 e. The second-order valence-electron chi connectivity index (χ2n) is 4.73. The van der Waals surface area contributed by atoms with Crippen LogP contribution in [0.25, 0.3) is 0 Å². The fraction of sp³-hybridized carbons (Fsp3) is 0.500. The maximum atomic E-state index is 13.1. The van der Waals surface area contributed by atoms with Gasteiger partial charge in [-0.1, -0.05) is 19.1 Å². The van der Waals surface area contributed by atoms with Gasteiger partial charge in [0.1, 0.15) is 5.82 Å². The molecular weight excluding hydrogens is 231 g/mol. The van der Waals surface area contributed by atoms with Crippen LogP contribution in [0.1, 0.15) is 18.1 Å². The zero-order chi connectivity index (χ0) is 13.7. The monoisotopic (exact) mass is 252 g/mol. The first-order valence-corrected chi connectivity index (χ1v) is 6.15. The number of benzene rings is 1. The smallest absolute Gasteiger partial charge is 0.226 e. The van der Waals surface area contributed by atoms with Crippen LogP contribution >= 0.6 is 0 Å². The number of hydrogen-bond acceptors (Lipinski definition) is 2. The van der Waals surface area contributed by atoms with Crippen LogP contribution in [-0.2, 0) is 11.2 Å². The molecule has 0 bridgehead atoms. The van der Waals surface area contributed by atoms with Crippen molar-refractivity contribution in [3.63, 3.8) is 0 Å². The molecule has 0 radical (unpaired) electrons. The fourth-order valence-corrected chi connectivity index (χ4v) is 1.75. The van der Waals surface area contributed by atoms with Crippen LogP contribution in [0.5, 0.6) is 0 Å². The molecule has 1 aromatic carbocycles. The SMILES string of the molecule is Cc1cc(CCN(C)C(=O)C(C)CN)ccc1F. The van der Waals surface area contributed by atoms with E-state index in [0.29, 0.717) is 18.7 Å². The van der Waals surface area contributed by atoms with E-state index in [-0.39, 0.29) is 17.6 Å². The number of nitrogens with two attached hydrogens (primary N) is 1. The molecule has 0 aliphatic rings. The lowest BCUT2D eigenvalue weighted by molar-refractivity contribution is -0.133. The van der Waals surface area contributed by atoms with E-state index in [4.69, 9.17) is 5.73 Å². The van der Waals surface area contributed by atoms with Gasteiger partial charge in [0.15, 0.2) is 0 Å². The third kappa shape index (κ3) is 3.81. The van der Waals surface area contributed by atoms with Crippen molar-refractivity contribution in [3.05, 3.63) is 35.1 Å². The minimum Gasteiger partial charge on any atom is -0.345 e. The van der Waals surface area contributed by atoms with E-state index in [1.165, 1.54) is 6.07 Å². The van der Waals surface area contributed by atoms with Gasteiger partial charge in [0.2, 0.25) is 5.91 Å². The number of carbonyl (C=O) groups is 1. The molecule has 1 atom stereocenters. The lowest BCUT2D eigenvalue weighted by Crippen LogP contribution is -2.36. The van der Waals surface area contributed by atoms with E-state index >= 15 is 0 Å². The van der Waals surface area contributed by atoms with Crippen LogP contribution in [0.3, 0.4) is 0 Å². The van der Waals surface area contributed by atoms with Crippen LogP contribution < -0.4 is 5.73 Å². The van der Waals surface area contributed by atoms with E-state index in [0.717, 1.165) is 12.0 Å². The number of halogens is 1. The van der Waals surface area contributed by atoms with Crippen molar-refractivity contribution in [3.8, 4) is 0 Å². The van der Waals surface area contributed by atoms with Crippen LogP contribution in [-0.4, -0.2) is 30.9 Å².